The first-order chi connectivity index (χ1) is 17.9. The smallest absolute Gasteiger partial charge is 0.357 e. The van der Waals surface area contributed by atoms with Crippen molar-refractivity contribution in [3.63, 3.8) is 0 Å². The van der Waals surface area contributed by atoms with Gasteiger partial charge in [-0.3, -0.25) is 0 Å². The van der Waals surface area contributed by atoms with Gasteiger partial charge in [-0.1, -0.05) is 30.3 Å². The van der Waals surface area contributed by atoms with E-state index in [1.54, 1.807) is 48.5 Å². The first kappa shape index (κ1) is 25.9. The van der Waals surface area contributed by atoms with E-state index in [0.29, 0.717) is 32.8 Å². The fourth-order valence-corrected chi connectivity index (χ4v) is 4.29. The molecular formula is C27H22BrFN2O6. The first-order valence-electron chi connectivity index (χ1n) is 11.0. The number of nitrogens with zero attached hydrogens (tertiary/aromatic N) is 2. The Balaban J connectivity index is 1.85. The number of carbonyl (C=O) groups is 2. The second-order valence-corrected chi connectivity index (χ2v) is 8.57. The molecule has 3 aromatic carbocycles. The number of esters is 2. The minimum absolute atomic E-state index is 0.0689. The molecule has 190 valence electrons. The van der Waals surface area contributed by atoms with Crippen LogP contribution in [-0.4, -0.2) is 43.0 Å². The van der Waals surface area contributed by atoms with Gasteiger partial charge in [-0.2, -0.15) is 5.10 Å². The van der Waals surface area contributed by atoms with Crippen LogP contribution in [0.5, 0.6) is 11.5 Å². The lowest BCUT2D eigenvalue weighted by Crippen LogP contribution is -2.15. The molecule has 10 heteroatoms. The Morgan fingerprint density at radius 3 is 2.32 bits per heavy atom. The quantitative estimate of drug-likeness (QED) is 0.255. The Kier molecular flexibility index (Phi) is 7.88. The van der Waals surface area contributed by atoms with Crippen molar-refractivity contribution in [2.24, 2.45) is 0 Å². The summed E-state index contributed by atoms with van der Waals surface area (Å²) in [5.74, 6) is -1.20. The first-order valence-corrected chi connectivity index (χ1v) is 11.8. The molecule has 1 aromatic heterocycles. The SMILES string of the molecule is COC(=O)c1c(-c2cc(Br)c(OCc3cccc(F)c3)c(OC)c2)nn(-c2ccccc2)c1C(=O)OC. The lowest BCUT2D eigenvalue weighted by atomic mass is 10.0. The minimum atomic E-state index is -0.765. The summed E-state index contributed by atoms with van der Waals surface area (Å²) >= 11 is 3.49. The van der Waals surface area contributed by atoms with Gasteiger partial charge in [0.2, 0.25) is 0 Å². The highest BCUT2D eigenvalue weighted by Gasteiger charge is 2.32. The summed E-state index contributed by atoms with van der Waals surface area (Å²) in [5.41, 5.74) is 1.64. The highest BCUT2D eigenvalue weighted by molar-refractivity contribution is 9.10. The van der Waals surface area contributed by atoms with Crippen LogP contribution in [0, 0.1) is 5.82 Å². The largest absolute Gasteiger partial charge is 0.493 e. The molecule has 0 saturated heterocycles. The van der Waals surface area contributed by atoms with Crippen LogP contribution in [0.1, 0.15) is 26.4 Å². The molecule has 0 bridgehead atoms. The van der Waals surface area contributed by atoms with Crippen molar-refractivity contribution in [1.82, 2.24) is 9.78 Å². The standard InChI is InChI=1S/C27H22BrFN2O6/c1-34-21-14-17(13-20(28)25(21)37-15-16-8-7-9-18(29)12-16)23-22(26(32)35-2)24(27(33)36-3)31(30-23)19-10-5-4-6-11-19/h4-14H,15H2,1-3H3. The predicted octanol–water partition coefficient (Wildman–Crippen LogP) is 5.60. The summed E-state index contributed by atoms with van der Waals surface area (Å²) in [6, 6.07) is 18.2. The number of halogens is 2. The van der Waals surface area contributed by atoms with E-state index in [1.807, 2.05) is 6.07 Å². The molecule has 8 nitrogen and oxygen atoms in total. The molecule has 0 atom stereocenters. The molecule has 0 unspecified atom stereocenters. The highest BCUT2D eigenvalue weighted by Crippen LogP contribution is 2.41. The summed E-state index contributed by atoms with van der Waals surface area (Å²) in [5, 5.41) is 4.59. The van der Waals surface area contributed by atoms with Crippen molar-refractivity contribution in [1.29, 1.82) is 0 Å². The van der Waals surface area contributed by atoms with Gasteiger partial charge in [0.1, 0.15) is 23.7 Å². The van der Waals surface area contributed by atoms with E-state index >= 15 is 0 Å². The molecule has 0 saturated carbocycles. The Hall–Kier alpha value is -4.18. The van der Waals surface area contributed by atoms with Crippen molar-refractivity contribution in [2.75, 3.05) is 21.3 Å². The van der Waals surface area contributed by atoms with Gasteiger partial charge in [-0.25, -0.2) is 18.7 Å². The molecule has 0 amide bonds. The van der Waals surface area contributed by atoms with Crippen LogP contribution in [0.2, 0.25) is 0 Å². The second kappa shape index (κ2) is 11.3. The van der Waals surface area contributed by atoms with Crippen molar-refractivity contribution in [3.05, 3.63) is 93.8 Å². The fourth-order valence-electron chi connectivity index (χ4n) is 3.74. The van der Waals surface area contributed by atoms with E-state index in [9.17, 15) is 14.0 Å². The van der Waals surface area contributed by atoms with Gasteiger partial charge in [0, 0.05) is 5.56 Å². The van der Waals surface area contributed by atoms with Gasteiger partial charge in [0.15, 0.2) is 17.2 Å². The van der Waals surface area contributed by atoms with E-state index in [0.717, 1.165) is 0 Å². The lowest BCUT2D eigenvalue weighted by molar-refractivity contribution is 0.0549. The maximum absolute atomic E-state index is 13.6. The van der Waals surface area contributed by atoms with E-state index in [4.69, 9.17) is 18.9 Å². The van der Waals surface area contributed by atoms with E-state index in [-0.39, 0.29) is 29.4 Å². The van der Waals surface area contributed by atoms with Gasteiger partial charge in [0.05, 0.1) is 31.5 Å². The van der Waals surface area contributed by atoms with Crippen LogP contribution in [0.15, 0.2) is 71.2 Å². The van der Waals surface area contributed by atoms with E-state index < -0.39 is 11.9 Å². The zero-order valence-corrected chi connectivity index (χ0v) is 21.7. The molecule has 4 aromatic rings. The van der Waals surface area contributed by atoms with Crippen molar-refractivity contribution in [2.45, 2.75) is 6.61 Å². The summed E-state index contributed by atoms with van der Waals surface area (Å²) in [4.78, 5) is 25.7. The zero-order valence-electron chi connectivity index (χ0n) is 20.2. The average Bonchev–Trinajstić information content (AvgIpc) is 3.32. The van der Waals surface area contributed by atoms with Crippen molar-refractivity contribution in [3.8, 4) is 28.4 Å². The third-order valence-electron chi connectivity index (χ3n) is 5.43. The number of ether oxygens (including phenoxy) is 4. The third-order valence-corrected chi connectivity index (χ3v) is 6.02. The van der Waals surface area contributed by atoms with Gasteiger partial charge >= 0.3 is 11.9 Å². The van der Waals surface area contributed by atoms with Crippen molar-refractivity contribution >= 4 is 27.9 Å². The molecule has 0 aliphatic heterocycles. The Morgan fingerprint density at radius 1 is 0.946 bits per heavy atom. The fraction of sp³-hybridized carbons (Fsp3) is 0.148. The molecular weight excluding hydrogens is 547 g/mol. The van der Waals surface area contributed by atoms with Crippen molar-refractivity contribution < 1.29 is 32.9 Å². The summed E-state index contributed by atoms with van der Waals surface area (Å²) in [6.45, 7) is 0.0919. The maximum Gasteiger partial charge on any atom is 0.357 e. The zero-order chi connectivity index (χ0) is 26.5. The number of benzene rings is 3. The number of carbonyl (C=O) groups excluding carboxylic acids is 2. The monoisotopic (exact) mass is 568 g/mol. The van der Waals surface area contributed by atoms with Crippen LogP contribution >= 0.6 is 15.9 Å². The van der Waals surface area contributed by atoms with Gasteiger partial charge in [0.25, 0.3) is 0 Å². The Labute approximate surface area is 220 Å². The van der Waals surface area contributed by atoms with Crippen LogP contribution in [0.25, 0.3) is 16.9 Å². The molecule has 0 spiro atoms. The van der Waals surface area contributed by atoms with Crippen LogP contribution < -0.4 is 9.47 Å². The second-order valence-electron chi connectivity index (χ2n) is 7.71. The summed E-state index contributed by atoms with van der Waals surface area (Å²) < 4.78 is 36.8. The van der Waals surface area contributed by atoms with E-state index in [2.05, 4.69) is 21.0 Å². The molecule has 0 aliphatic carbocycles. The molecule has 4 rings (SSSR count). The molecule has 0 aliphatic rings. The number of para-hydroxylation sites is 1. The topological polar surface area (TPSA) is 88.9 Å². The predicted molar refractivity (Wildman–Crippen MR) is 137 cm³/mol. The number of methoxy groups -OCH3 is 3. The van der Waals surface area contributed by atoms with Crippen LogP contribution in [0.3, 0.4) is 0 Å². The molecule has 37 heavy (non-hydrogen) atoms. The average molecular weight is 569 g/mol. The highest BCUT2D eigenvalue weighted by atomic mass is 79.9. The summed E-state index contributed by atoms with van der Waals surface area (Å²) in [7, 11) is 3.90. The number of rotatable bonds is 8. The van der Waals surface area contributed by atoms with Crippen LogP contribution in [0.4, 0.5) is 4.39 Å². The van der Waals surface area contributed by atoms with E-state index in [1.165, 1.54) is 38.1 Å². The summed E-state index contributed by atoms with van der Waals surface area (Å²) in [6.07, 6.45) is 0. The van der Waals surface area contributed by atoms with Crippen LogP contribution in [-0.2, 0) is 16.1 Å². The normalized spacial score (nSPS) is 10.6. The Morgan fingerprint density at radius 2 is 1.68 bits per heavy atom. The van der Waals surface area contributed by atoms with Gasteiger partial charge in [-0.05, 0) is 57.9 Å². The van der Waals surface area contributed by atoms with Gasteiger partial charge in [-0.15, -0.1) is 0 Å². The molecule has 0 radical (unpaired) electrons. The Bertz CT molecular complexity index is 1460. The number of hydrogen-bond donors (Lipinski definition) is 0. The lowest BCUT2D eigenvalue weighted by Gasteiger charge is -2.14. The van der Waals surface area contributed by atoms with Gasteiger partial charge < -0.3 is 18.9 Å². The molecule has 0 N–H and O–H groups in total. The number of hydrogen-bond acceptors (Lipinski definition) is 7. The number of aromatic nitrogens is 2. The maximum atomic E-state index is 13.6. The molecule has 1 heterocycles. The third kappa shape index (κ3) is 5.34. The minimum Gasteiger partial charge on any atom is -0.493 e. The molecule has 0 fully saturated rings.